The summed E-state index contributed by atoms with van der Waals surface area (Å²) >= 11 is 0. The van der Waals surface area contributed by atoms with Crippen molar-refractivity contribution in [3.8, 4) is 17.2 Å². The number of methoxy groups -OCH3 is 2. The van der Waals surface area contributed by atoms with Gasteiger partial charge in [-0.25, -0.2) is 4.39 Å². The molecular weight excluding hydrogens is 497 g/mol. The van der Waals surface area contributed by atoms with E-state index in [0.29, 0.717) is 11.5 Å². The first-order valence-electron chi connectivity index (χ1n) is 12.9. The van der Waals surface area contributed by atoms with E-state index in [1.807, 2.05) is 60.8 Å². The molecule has 2 amide bonds. The maximum Gasteiger partial charge on any atom is 0.254 e. The summed E-state index contributed by atoms with van der Waals surface area (Å²) in [4.78, 5) is 31.2. The van der Waals surface area contributed by atoms with E-state index >= 15 is 0 Å². The fourth-order valence-electron chi connectivity index (χ4n) is 5.37. The Morgan fingerprint density at radius 2 is 1.72 bits per heavy atom. The molecule has 39 heavy (non-hydrogen) atoms. The first-order chi connectivity index (χ1) is 19.0. The number of rotatable bonds is 7. The highest BCUT2D eigenvalue weighted by molar-refractivity contribution is 6.03. The number of ether oxygens (including phenoxy) is 2. The van der Waals surface area contributed by atoms with Crippen LogP contribution >= 0.6 is 0 Å². The molecule has 7 nitrogen and oxygen atoms in total. The number of carbonyl (C=O) groups is 2. The molecule has 0 radical (unpaired) electrons. The van der Waals surface area contributed by atoms with E-state index in [1.54, 1.807) is 30.1 Å². The van der Waals surface area contributed by atoms with E-state index in [1.165, 1.54) is 18.2 Å². The molecule has 1 aromatic heterocycles. The minimum absolute atomic E-state index is 0.0570. The number of para-hydroxylation sites is 2. The number of benzene rings is 3. The highest BCUT2D eigenvalue weighted by atomic mass is 19.1. The lowest BCUT2D eigenvalue weighted by atomic mass is 9.96. The number of hydrogen-bond acceptors (Lipinski definition) is 4. The van der Waals surface area contributed by atoms with Gasteiger partial charge in [-0.2, -0.15) is 0 Å². The van der Waals surface area contributed by atoms with Crippen LogP contribution in [0.3, 0.4) is 0 Å². The lowest BCUT2D eigenvalue weighted by Crippen LogP contribution is -2.47. The zero-order valence-corrected chi connectivity index (χ0v) is 21.7. The Morgan fingerprint density at radius 3 is 2.44 bits per heavy atom. The summed E-state index contributed by atoms with van der Waals surface area (Å²) < 4.78 is 27.3. The average molecular weight is 526 g/mol. The molecule has 2 heterocycles. The van der Waals surface area contributed by atoms with Gasteiger partial charge in [-0.3, -0.25) is 14.5 Å². The molecule has 2 aliphatic rings. The van der Waals surface area contributed by atoms with Crippen molar-refractivity contribution in [2.75, 3.05) is 25.7 Å². The number of fused-ring (bicyclic) bond motifs is 3. The molecular formula is C31H28FN3O4. The highest BCUT2D eigenvalue weighted by Crippen LogP contribution is 2.45. The molecule has 1 aliphatic heterocycles. The molecule has 0 spiro atoms. The van der Waals surface area contributed by atoms with Crippen molar-refractivity contribution in [3.63, 3.8) is 0 Å². The number of amides is 2. The van der Waals surface area contributed by atoms with Crippen LogP contribution in [-0.2, 0) is 4.79 Å². The SMILES string of the molecule is COc1ccc(OC)c(C2c3cccn3-c3ccccc3N2C(=O)CN(C(=O)c2cccc(F)c2)C2CC2)c1. The van der Waals surface area contributed by atoms with Crippen LogP contribution in [0.25, 0.3) is 5.69 Å². The molecule has 1 aliphatic carbocycles. The topological polar surface area (TPSA) is 64.0 Å². The van der Waals surface area contributed by atoms with Gasteiger partial charge in [-0.1, -0.05) is 18.2 Å². The first-order valence-corrected chi connectivity index (χ1v) is 12.9. The van der Waals surface area contributed by atoms with Crippen molar-refractivity contribution in [2.24, 2.45) is 0 Å². The second-order valence-electron chi connectivity index (χ2n) is 9.74. The predicted octanol–water partition coefficient (Wildman–Crippen LogP) is 5.37. The average Bonchev–Trinajstić information content (AvgIpc) is 3.69. The smallest absolute Gasteiger partial charge is 0.254 e. The Kier molecular flexibility index (Phi) is 6.30. The van der Waals surface area contributed by atoms with Crippen LogP contribution in [0.4, 0.5) is 10.1 Å². The van der Waals surface area contributed by atoms with Crippen LogP contribution in [0.2, 0.25) is 0 Å². The lowest BCUT2D eigenvalue weighted by molar-refractivity contribution is -0.119. The molecule has 1 saturated carbocycles. The molecule has 0 N–H and O–H groups in total. The van der Waals surface area contributed by atoms with Crippen LogP contribution in [0.1, 0.15) is 40.5 Å². The van der Waals surface area contributed by atoms with Gasteiger partial charge in [0, 0.05) is 23.4 Å². The molecule has 4 aromatic rings. The van der Waals surface area contributed by atoms with Crippen molar-refractivity contribution in [2.45, 2.75) is 24.9 Å². The number of aromatic nitrogens is 1. The summed E-state index contributed by atoms with van der Waals surface area (Å²) in [6.45, 7) is -0.141. The molecule has 6 rings (SSSR count). The summed E-state index contributed by atoms with van der Waals surface area (Å²) in [7, 11) is 3.19. The number of halogens is 1. The van der Waals surface area contributed by atoms with Gasteiger partial charge in [0.25, 0.3) is 5.91 Å². The Balaban J connectivity index is 1.45. The fourth-order valence-corrected chi connectivity index (χ4v) is 5.37. The van der Waals surface area contributed by atoms with Crippen LogP contribution in [0.5, 0.6) is 11.5 Å². The van der Waals surface area contributed by atoms with Crippen molar-refractivity contribution < 1.29 is 23.5 Å². The number of nitrogens with zero attached hydrogens (tertiary/aromatic N) is 3. The minimum atomic E-state index is -0.544. The molecule has 1 atom stereocenters. The second-order valence-corrected chi connectivity index (χ2v) is 9.74. The van der Waals surface area contributed by atoms with E-state index in [0.717, 1.165) is 35.5 Å². The third-order valence-corrected chi connectivity index (χ3v) is 7.35. The van der Waals surface area contributed by atoms with Gasteiger partial charge < -0.3 is 18.9 Å². The molecule has 1 fully saturated rings. The van der Waals surface area contributed by atoms with Gasteiger partial charge in [0.1, 0.15) is 29.9 Å². The van der Waals surface area contributed by atoms with E-state index in [-0.39, 0.29) is 30.0 Å². The maximum absolute atomic E-state index is 14.4. The van der Waals surface area contributed by atoms with Crippen LogP contribution < -0.4 is 14.4 Å². The largest absolute Gasteiger partial charge is 0.497 e. The number of carbonyl (C=O) groups excluding carboxylic acids is 2. The van der Waals surface area contributed by atoms with E-state index < -0.39 is 11.9 Å². The maximum atomic E-state index is 14.4. The predicted molar refractivity (Wildman–Crippen MR) is 145 cm³/mol. The van der Waals surface area contributed by atoms with Gasteiger partial charge in [0.15, 0.2) is 0 Å². The minimum Gasteiger partial charge on any atom is -0.497 e. The lowest BCUT2D eigenvalue weighted by Gasteiger charge is -2.40. The summed E-state index contributed by atoms with van der Waals surface area (Å²) in [5, 5.41) is 0. The summed E-state index contributed by atoms with van der Waals surface area (Å²) in [6, 6.07) is 22.2. The van der Waals surface area contributed by atoms with Crippen molar-refractivity contribution in [3.05, 3.63) is 108 Å². The fraction of sp³-hybridized carbons (Fsp3) is 0.226. The number of anilines is 1. The Hall–Kier alpha value is -4.59. The van der Waals surface area contributed by atoms with E-state index in [4.69, 9.17) is 9.47 Å². The Labute approximate surface area is 226 Å². The van der Waals surface area contributed by atoms with E-state index in [9.17, 15) is 14.0 Å². The molecule has 0 saturated heterocycles. The van der Waals surface area contributed by atoms with Gasteiger partial charge in [0.2, 0.25) is 5.91 Å². The highest BCUT2D eigenvalue weighted by Gasteiger charge is 2.41. The summed E-state index contributed by atoms with van der Waals surface area (Å²) in [6.07, 6.45) is 3.58. The van der Waals surface area contributed by atoms with Crippen LogP contribution in [0, 0.1) is 5.82 Å². The Morgan fingerprint density at radius 1 is 0.923 bits per heavy atom. The zero-order chi connectivity index (χ0) is 27.1. The normalized spacial score (nSPS) is 15.8. The molecule has 1 unspecified atom stereocenters. The monoisotopic (exact) mass is 525 g/mol. The van der Waals surface area contributed by atoms with Gasteiger partial charge in [0.05, 0.1) is 31.3 Å². The molecule has 8 heteroatoms. The van der Waals surface area contributed by atoms with E-state index in [2.05, 4.69) is 4.57 Å². The third kappa shape index (κ3) is 4.41. The first kappa shape index (κ1) is 24.7. The van der Waals surface area contributed by atoms with Gasteiger partial charge in [-0.15, -0.1) is 0 Å². The van der Waals surface area contributed by atoms with Crippen molar-refractivity contribution in [1.29, 1.82) is 0 Å². The number of hydrogen-bond donors (Lipinski definition) is 0. The zero-order valence-electron chi connectivity index (χ0n) is 21.7. The summed E-state index contributed by atoms with van der Waals surface area (Å²) in [5.41, 5.74) is 3.44. The van der Waals surface area contributed by atoms with Gasteiger partial charge >= 0.3 is 0 Å². The van der Waals surface area contributed by atoms with Crippen molar-refractivity contribution >= 4 is 17.5 Å². The van der Waals surface area contributed by atoms with Crippen molar-refractivity contribution in [1.82, 2.24) is 9.47 Å². The standard InChI is InChI=1S/C31H28FN3O4/c1-38-23-14-15-28(39-2)24(18-23)30-27-11-6-16-33(27)25-9-3-4-10-26(25)35(30)29(36)19-34(22-12-13-22)31(37)20-7-5-8-21(32)17-20/h3-11,14-18,22,30H,12-13,19H2,1-2H3. The molecule has 0 bridgehead atoms. The second kappa shape index (κ2) is 9.94. The van der Waals surface area contributed by atoms with Gasteiger partial charge in [-0.05, 0) is 73.5 Å². The molecule has 3 aromatic carbocycles. The van der Waals surface area contributed by atoms with Crippen LogP contribution in [0.15, 0.2) is 85.1 Å². The molecule has 198 valence electrons. The quantitative estimate of drug-likeness (QED) is 0.325. The summed E-state index contributed by atoms with van der Waals surface area (Å²) in [5.74, 6) is 0.159. The Bertz CT molecular complexity index is 1560. The third-order valence-electron chi connectivity index (χ3n) is 7.35. The van der Waals surface area contributed by atoms with Crippen LogP contribution in [-0.4, -0.2) is 48.1 Å².